The topological polar surface area (TPSA) is 47.6 Å². The number of carbonyl (C=O) groups excluding carboxylic acids is 1. The molecule has 0 bridgehead atoms. The van der Waals surface area contributed by atoms with E-state index in [0.717, 1.165) is 23.3 Å². The minimum absolute atomic E-state index is 0.0346. The third-order valence-corrected chi connectivity index (χ3v) is 4.26. The van der Waals surface area contributed by atoms with Gasteiger partial charge in [-0.1, -0.05) is 30.3 Å². The molecule has 3 rings (SSSR count). The Morgan fingerprint density at radius 1 is 0.839 bits per heavy atom. The Morgan fingerprint density at radius 3 is 2.19 bits per heavy atom. The predicted molar refractivity (Wildman–Crippen MR) is 106 cm³/mol. The maximum atomic E-state index is 12.9. The molecule has 0 aliphatic carbocycles. The van der Waals surface area contributed by atoms with Gasteiger partial charge in [0.2, 0.25) is 0 Å². The van der Waals surface area contributed by atoms with Crippen molar-refractivity contribution in [3.63, 3.8) is 0 Å². The summed E-state index contributed by atoms with van der Waals surface area (Å²) in [6.07, 6.45) is -4.48. The fraction of sp³-hybridized carbons (Fsp3) is 0.174. The van der Waals surface area contributed by atoms with Crippen molar-refractivity contribution in [2.75, 3.05) is 6.61 Å². The van der Waals surface area contributed by atoms with Crippen LogP contribution in [-0.2, 0) is 24.1 Å². The van der Waals surface area contributed by atoms with Gasteiger partial charge >= 0.3 is 6.18 Å². The lowest BCUT2D eigenvalue weighted by Crippen LogP contribution is -2.28. The number of benzene rings is 3. The molecule has 0 unspecified atom stereocenters. The Bertz CT molecular complexity index is 1000. The van der Waals surface area contributed by atoms with Crippen molar-refractivity contribution in [3.05, 3.63) is 95.3 Å². The highest BCUT2D eigenvalue weighted by Gasteiger charge is 2.30. The van der Waals surface area contributed by atoms with Crippen LogP contribution in [0.3, 0.4) is 0 Å². The van der Waals surface area contributed by atoms with Gasteiger partial charge in [0.25, 0.3) is 5.91 Å². The first kappa shape index (κ1) is 22.1. The van der Waals surface area contributed by atoms with Gasteiger partial charge in [0.1, 0.15) is 23.9 Å². The van der Waals surface area contributed by atoms with Gasteiger partial charge < -0.3 is 14.8 Å². The van der Waals surface area contributed by atoms with Crippen molar-refractivity contribution in [1.82, 2.24) is 5.32 Å². The van der Waals surface area contributed by atoms with Crippen molar-refractivity contribution in [2.45, 2.75) is 19.3 Å². The predicted octanol–water partition coefficient (Wildman–Crippen LogP) is 5.12. The van der Waals surface area contributed by atoms with Crippen LogP contribution >= 0.6 is 0 Å². The van der Waals surface area contributed by atoms with Gasteiger partial charge in [-0.25, -0.2) is 4.39 Å². The second kappa shape index (κ2) is 9.97. The molecular formula is C23H19F4NO3. The van der Waals surface area contributed by atoms with E-state index in [4.69, 9.17) is 9.47 Å². The van der Waals surface area contributed by atoms with Crippen LogP contribution in [0.15, 0.2) is 72.8 Å². The van der Waals surface area contributed by atoms with Crippen molar-refractivity contribution in [1.29, 1.82) is 0 Å². The number of hydrogen-bond acceptors (Lipinski definition) is 3. The lowest BCUT2D eigenvalue weighted by Gasteiger charge is -2.11. The lowest BCUT2D eigenvalue weighted by molar-refractivity contribution is -0.137. The first-order valence-corrected chi connectivity index (χ1v) is 9.32. The SMILES string of the molecule is O=C(COc1cccc(C(F)(F)F)c1)NCc1ccc(OCc2ccc(F)cc2)cc1. The molecule has 8 heteroatoms. The van der Waals surface area contributed by atoms with E-state index in [9.17, 15) is 22.4 Å². The second-order valence-corrected chi connectivity index (χ2v) is 6.65. The summed E-state index contributed by atoms with van der Waals surface area (Å²) < 4.78 is 61.7. The summed E-state index contributed by atoms with van der Waals surface area (Å²) in [5, 5.41) is 2.63. The largest absolute Gasteiger partial charge is 0.489 e. The van der Waals surface area contributed by atoms with E-state index in [1.807, 2.05) is 0 Å². The van der Waals surface area contributed by atoms with E-state index in [2.05, 4.69) is 5.32 Å². The van der Waals surface area contributed by atoms with Crippen molar-refractivity contribution >= 4 is 5.91 Å². The molecule has 3 aromatic carbocycles. The third-order valence-electron chi connectivity index (χ3n) is 4.26. The third kappa shape index (κ3) is 7.02. The molecule has 0 aromatic heterocycles. The zero-order chi connectivity index (χ0) is 22.3. The molecular weight excluding hydrogens is 414 g/mol. The van der Waals surface area contributed by atoms with Crippen LogP contribution in [0.1, 0.15) is 16.7 Å². The van der Waals surface area contributed by atoms with Crippen LogP contribution in [0.2, 0.25) is 0 Å². The number of amides is 1. The van der Waals surface area contributed by atoms with Gasteiger partial charge in [-0.2, -0.15) is 13.2 Å². The van der Waals surface area contributed by atoms with Crippen molar-refractivity contribution in [3.8, 4) is 11.5 Å². The highest BCUT2D eigenvalue weighted by molar-refractivity contribution is 5.77. The first-order valence-electron chi connectivity index (χ1n) is 9.32. The fourth-order valence-electron chi connectivity index (χ4n) is 2.61. The summed E-state index contributed by atoms with van der Waals surface area (Å²) >= 11 is 0. The fourth-order valence-corrected chi connectivity index (χ4v) is 2.61. The van der Waals surface area contributed by atoms with Crippen molar-refractivity contribution < 1.29 is 31.8 Å². The van der Waals surface area contributed by atoms with E-state index in [-0.39, 0.29) is 18.1 Å². The Kier molecular flexibility index (Phi) is 7.12. The molecule has 0 spiro atoms. The summed E-state index contributed by atoms with van der Waals surface area (Å²) in [5.74, 6) is -0.190. The van der Waals surface area contributed by atoms with E-state index < -0.39 is 24.3 Å². The number of nitrogens with one attached hydrogen (secondary N) is 1. The summed E-state index contributed by atoms with van der Waals surface area (Å²) in [5.41, 5.74) is 0.798. The van der Waals surface area contributed by atoms with Gasteiger partial charge in [0.05, 0.1) is 5.56 Å². The Labute approximate surface area is 176 Å². The molecule has 0 aliphatic rings. The van der Waals surface area contributed by atoms with Gasteiger partial charge in [-0.15, -0.1) is 0 Å². The van der Waals surface area contributed by atoms with E-state index in [1.54, 1.807) is 36.4 Å². The maximum absolute atomic E-state index is 12.9. The maximum Gasteiger partial charge on any atom is 0.416 e. The smallest absolute Gasteiger partial charge is 0.416 e. The summed E-state index contributed by atoms with van der Waals surface area (Å²) in [6, 6.07) is 17.4. The van der Waals surface area contributed by atoms with E-state index in [1.165, 1.54) is 24.3 Å². The number of halogens is 4. The molecule has 0 atom stereocenters. The average molecular weight is 433 g/mol. The molecule has 3 aromatic rings. The number of ether oxygens (including phenoxy) is 2. The van der Waals surface area contributed by atoms with Crippen LogP contribution < -0.4 is 14.8 Å². The molecule has 0 aliphatic heterocycles. The molecule has 1 amide bonds. The van der Waals surface area contributed by atoms with E-state index in [0.29, 0.717) is 12.4 Å². The number of hydrogen-bond donors (Lipinski definition) is 1. The molecule has 0 radical (unpaired) electrons. The zero-order valence-corrected chi connectivity index (χ0v) is 16.3. The lowest BCUT2D eigenvalue weighted by atomic mass is 10.2. The Hall–Kier alpha value is -3.55. The van der Waals surface area contributed by atoms with Gasteiger partial charge in [0.15, 0.2) is 6.61 Å². The molecule has 31 heavy (non-hydrogen) atoms. The summed E-state index contributed by atoms with van der Waals surface area (Å²) in [7, 11) is 0. The normalized spacial score (nSPS) is 11.1. The zero-order valence-electron chi connectivity index (χ0n) is 16.3. The first-order chi connectivity index (χ1) is 14.8. The standard InChI is InChI=1S/C23H19F4NO3/c24-19-8-4-17(5-9-19)14-30-20-10-6-16(7-11-20)13-28-22(29)15-31-21-3-1-2-18(12-21)23(25,26)27/h1-12H,13-15H2,(H,28,29). The van der Waals surface area contributed by atoms with Gasteiger partial charge in [-0.3, -0.25) is 4.79 Å². The van der Waals surface area contributed by atoms with Crippen LogP contribution in [0, 0.1) is 5.82 Å². The monoisotopic (exact) mass is 433 g/mol. The van der Waals surface area contributed by atoms with E-state index >= 15 is 0 Å². The Balaban J connectivity index is 1.42. The minimum atomic E-state index is -4.48. The number of alkyl halides is 3. The summed E-state index contributed by atoms with van der Waals surface area (Å²) in [4.78, 5) is 11.9. The van der Waals surface area contributed by atoms with Gasteiger partial charge in [0, 0.05) is 6.54 Å². The molecule has 0 fully saturated rings. The molecule has 1 N–H and O–H groups in total. The molecule has 0 saturated heterocycles. The highest BCUT2D eigenvalue weighted by atomic mass is 19.4. The molecule has 0 saturated carbocycles. The molecule has 4 nitrogen and oxygen atoms in total. The van der Waals surface area contributed by atoms with Crippen LogP contribution in [0.5, 0.6) is 11.5 Å². The second-order valence-electron chi connectivity index (χ2n) is 6.65. The van der Waals surface area contributed by atoms with Crippen molar-refractivity contribution in [2.24, 2.45) is 0 Å². The number of carbonyl (C=O) groups is 1. The van der Waals surface area contributed by atoms with Crippen LogP contribution in [0.4, 0.5) is 17.6 Å². The number of rotatable bonds is 8. The minimum Gasteiger partial charge on any atom is -0.489 e. The highest BCUT2D eigenvalue weighted by Crippen LogP contribution is 2.31. The van der Waals surface area contributed by atoms with Crippen LogP contribution in [-0.4, -0.2) is 12.5 Å². The Morgan fingerprint density at radius 2 is 1.52 bits per heavy atom. The van der Waals surface area contributed by atoms with Crippen LogP contribution in [0.25, 0.3) is 0 Å². The van der Waals surface area contributed by atoms with Gasteiger partial charge in [-0.05, 0) is 53.6 Å². The molecule has 0 heterocycles. The quantitative estimate of drug-likeness (QED) is 0.502. The summed E-state index contributed by atoms with van der Waals surface area (Å²) in [6.45, 7) is 0.118. The average Bonchev–Trinajstić information content (AvgIpc) is 2.76. The molecule has 162 valence electrons.